The van der Waals surface area contributed by atoms with Crippen LogP contribution in [0.4, 0.5) is 5.69 Å². The van der Waals surface area contributed by atoms with E-state index in [2.05, 4.69) is 9.97 Å². The fourth-order valence-electron chi connectivity index (χ4n) is 1.23. The zero-order valence-electron chi connectivity index (χ0n) is 6.91. The number of nitrogen functional groups attached to an aromatic ring is 1. The lowest BCUT2D eigenvalue weighted by Gasteiger charge is -2.03. The zero-order valence-corrected chi connectivity index (χ0v) is 7.67. The van der Waals surface area contributed by atoms with Crippen LogP contribution in [0.15, 0.2) is 12.4 Å². The molecule has 4 N–H and O–H groups in total. The molecule has 0 atom stereocenters. The molecule has 0 radical (unpaired) electrons. The Hall–Kier alpha value is -1.75. The Morgan fingerprint density at radius 2 is 2.36 bits per heavy atom. The number of halogens is 1. The van der Waals surface area contributed by atoms with Gasteiger partial charge in [-0.25, -0.2) is 9.78 Å². The Bertz CT molecular complexity index is 521. The van der Waals surface area contributed by atoms with Gasteiger partial charge in [0.25, 0.3) is 0 Å². The van der Waals surface area contributed by atoms with Crippen molar-refractivity contribution in [1.29, 1.82) is 0 Å². The number of nitrogens with one attached hydrogen (secondary N) is 1. The van der Waals surface area contributed by atoms with Gasteiger partial charge in [0.15, 0.2) is 0 Å². The fraction of sp³-hybridized carbons (Fsp3) is 0. The maximum atomic E-state index is 10.8. The van der Waals surface area contributed by atoms with E-state index in [1.165, 1.54) is 12.4 Å². The number of carboxylic acid groups (broad SMARTS) is 1. The van der Waals surface area contributed by atoms with Crippen LogP contribution >= 0.6 is 11.6 Å². The molecule has 2 rings (SSSR count). The van der Waals surface area contributed by atoms with Crippen LogP contribution in [0, 0.1) is 0 Å². The van der Waals surface area contributed by atoms with Crippen LogP contribution in [0.1, 0.15) is 10.4 Å². The van der Waals surface area contributed by atoms with E-state index in [1.807, 2.05) is 0 Å². The first-order chi connectivity index (χ1) is 6.61. The van der Waals surface area contributed by atoms with Gasteiger partial charge in [-0.1, -0.05) is 11.6 Å². The van der Waals surface area contributed by atoms with Gasteiger partial charge in [-0.05, 0) is 6.07 Å². The highest BCUT2D eigenvalue weighted by atomic mass is 35.5. The number of anilines is 1. The summed E-state index contributed by atoms with van der Waals surface area (Å²) in [6.45, 7) is 0. The largest absolute Gasteiger partial charge is 0.478 e. The number of carboxylic acids is 1. The molecule has 0 aliphatic carbocycles. The first-order valence-electron chi connectivity index (χ1n) is 3.75. The van der Waals surface area contributed by atoms with E-state index < -0.39 is 5.97 Å². The SMILES string of the molecule is Nc1c(C(=O)O)cc2nc[nH]c2c1Cl. The number of aromatic nitrogens is 2. The van der Waals surface area contributed by atoms with Crippen LogP contribution in [0.25, 0.3) is 11.0 Å². The zero-order chi connectivity index (χ0) is 10.3. The highest BCUT2D eigenvalue weighted by molar-refractivity contribution is 6.38. The lowest BCUT2D eigenvalue weighted by atomic mass is 10.1. The van der Waals surface area contributed by atoms with Crippen LogP contribution < -0.4 is 5.73 Å². The standard InChI is InChI=1S/C8H6ClN3O2/c9-5-6(10)3(8(13)14)1-4-7(5)12-2-11-4/h1-2H,10H2,(H,11,12)(H,13,14). The summed E-state index contributed by atoms with van der Waals surface area (Å²) in [5, 5.41) is 9.00. The minimum atomic E-state index is -1.12. The van der Waals surface area contributed by atoms with Crippen LogP contribution in [-0.4, -0.2) is 21.0 Å². The summed E-state index contributed by atoms with van der Waals surface area (Å²) in [5.74, 6) is -1.12. The molecular formula is C8H6ClN3O2. The van der Waals surface area contributed by atoms with Gasteiger partial charge >= 0.3 is 5.97 Å². The molecule has 0 saturated carbocycles. The monoisotopic (exact) mass is 211 g/mol. The predicted octanol–water partition coefficient (Wildman–Crippen LogP) is 1.50. The van der Waals surface area contributed by atoms with Gasteiger partial charge in [-0.2, -0.15) is 0 Å². The molecule has 0 amide bonds. The van der Waals surface area contributed by atoms with Gasteiger partial charge in [0, 0.05) is 0 Å². The summed E-state index contributed by atoms with van der Waals surface area (Å²) < 4.78 is 0. The number of imidazole rings is 1. The molecule has 1 heterocycles. The molecule has 0 bridgehead atoms. The van der Waals surface area contributed by atoms with E-state index in [4.69, 9.17) is 22.4 Å². The molecule has 1 aromatic carbocycles. The third-order valence-corrected chi connectivity index (χ3v) is 2.32. The van der Waals surface area contributed by atoms with Crippen molar-refractivity contribution in [3.05, 3.63) is 23.0 Å². The van der Waals surface area contributed by atoms with Crippen molar-refractivity contribution in [2.24, 2.45) is 0 Å². The van der Waals surface area contributed by atoms with E-state index in [1.54, 1.807) is 0 Å². The number of hydrogen-bond acceptors (Lipinski definition) is 3. The number of rotatable bonds is 1. The molecule has 0 saturated heterocycles. The summed E-state index contributed by atoms with van der Waals surface area (Å²) in [6.07, 6.45) is 1.43. The van der Waals surface area contributed by atoms with Crippen LogP contribution in [0.3, 0.4) is 0 Å². The minimum Gasteiger partial charge on any atom is -0.478 e. The van der Waals surface area contributed by atoms with Crippen molar-refractivity contribution in [2.45, 2.75) is 0 Å². The summed E-state index contributed by atoms with van der Waals surface area (Å²) in [6, 6.07) is 1.38. The molecular weight excluding hydrogens is 206 g/mol. The maximum Gasteiger partial charge on any atom is 0.337 e. The Kier molecular flexibility index (Phi) is 1.82. The number of aromatic carboxylic acids is 1. The van der Waals surface area contributed by atoms with Gasteiger partial charge in [-0.15, -0.1) is 0 Å². The number of H-pyrrole nitrogens is 1. The Morgan fingerprint density at radius 1 is 1.64 bits per heavy atom. The lowest BCUT2D eigenvalue weighted by Crippen LogP contribution is -2.03. The molecule has 2 aromatic rings. The van der Waals surface area contributed by atoms with Gasteiger partial charge in [0.1, 0.15) is 0 Å². The highest BCUT2D eigenvalue weighted by Gasteiger charge is 2.15. The molecule has 0 unspecified atom stereocenters. The molecule has 72 valence electrons. The van der Waals surface area contributed by atoms with Crippen LogP contribution in [0.2, 0.25) is 5.02 Å². The van der Waals surface area contributed by atoms with Crippen LogP contribution in [0.5, 0.6) is 0 Å². The molecule has 0 fully saturated rings. The average Bonchev–Trinajstić information content (AvgIpc) is 2.58. The molecule has 0 aliphatic rings. The summed E-state index contributed by atoms with van der Waals surface area (Å²) in [5.41, 5.74) is 6.60. The molecule has 14 heavy (non-hydrogen) atoms. The minimum absolute atomic E-state index is 0.0328. The number of nitrogens with two attached hydrogens (primary N) is 1. The summed E-state index contributed by atoms with van der Waals surface area (Å²) >= 11 is 5.86. The van der Waals surface area contributed by atoms with Gasteiger partial charge in [0.05, 0.1) is 33.6 Å². The van der Waals surface area contributed by atoms with E-state index >= 15 is 0 Å². The second kappa shape index (κ2) is 2.88. The number of benzene rings is 1. The third-order valence-electron chi connectivity index (χ3n) is 1.93. The molecule has 0 aliphatic heterocycles. The van der Waals surface area contributed by atoms with Crippen molar-refractivity contribution in [2.75, 3.05) is 5.73 Å². The predicted molar refractivity (Wildman–Crippen MR) is 52.5 cm³/mol. The van der Waals surface area contributed by atoms with Crippen molar-refractivity contribution >= 4 is 34.3 Å². The number of hydrogen-bond donors (Lipinski definition) is 3. The number of nitrogens with zero attached hydrogens (tertiary/aromatic N) is 1. The van der Waals surface area contributed by atoms with Gasteiger partial charge < -0.3 is 15.8 Å². The second-order valence-corrected chi connectivity index (χ2v) is 3.13. The summed E-state index contributed by atoms with van der Waals surface area (Å²) in [4.78, 5) is 17.4. The quantitative estimate of drug-likeness (QED) is 0.624. The third kappa shape index (κ3) is 1.10. The van der Waals surface area contributed by atoms with Gasteiger partial charge in [-0.3, -0.25) is 0 Å². The fourth-order valence-corrected chi connectivity index (χ4v) is 1.49. The topological polar surface area (TPSA) is 92.0 Å². The van der Waals surface area contributed by atoms with Crippen molar-refractivity contribution in [1.82, 2.24) is 9.97 Å². The highest BCUT2D eigenvalue weighted by Crippen LogP contribution is 2.30. The maximum absolute atomic E-state index is 10.8. The number of aromatic amines is 1. The van der Waals surface area contributed by atoms with Gasteiger partial charge in [0.2, 0.25) is 0 Å². The molecule has 0 spiro atoms. The Morgan fingerprint density at radius 3 is 3.00 bits per heavy atom. The smallest absolute Gasteiger partial charge is 0.337 e. The first-order valence-corrected chi connectivity index (χ1v) is 4.13. The number of carbonyl (C=O) groups is 1. The van der Waals surface area contributed by atoms with Crippen molar-refractivity contribution < 1.29 is 9.90 Å². The van der Waals surface area contributed by atoms with Crippen LogP contribution in [-0.2, 0) is 0 Å². The first kappa shape index (κ1) is 8.83. The normalized spacial score (nSPS) is 10.6. The van der Waals surface area contributed by atoms with Crippen molar-refractivity contribution in [3.8, 4) is 0 Å². The number of fused-ring (bicyclic) bond motifs is 1. The Balaban J connectivity index is 2.87. The summed E-state index contributed by atoms with van der Waals surface area (Å²) in [7, 11) is 0. The molecule has 6 heteroatoms. The molecule has 5 nitrogen and oxygen atoms in total. The van der Waals surface area contributed by atoms with E-state index in [0.29, 0.717) is 11.0 Å². The lowest BCUT2D eigenvalue weighted by molar-refractivity contribution is 0.0698. The second-order valence-electron chi connectivity index (χ2n) is 2.75. The average molecular weight is 212 g/mol. The van der Waals surface area contributed by atoms with Crippen molar-refractivity contribution in [3.63, 3.8) is 0 Å². The van der Waals surface area contributed by atoms with E-state index in [0.717, 1.165) is 0 Å². The Labute approximate surface area is 83.5 Å². The van der Waals surface area contributed by atoms with E-state index in [9.17, 15) is 4.79 Å². The molecule has 1 aromatic heterocycles. The van der Waals surface area contributed by atoms with E-state index in [-0.39, 0.29) is 16.3 Å².